The summed E-state index contributed by atoms with van der Waals surface area (Å²) in [6.45, 7) is 1.98. The Morgan fingerprint density at radius 2 is 1.84 bits per heavy atom. The molecule has 1 aromatic rings. The number of anilines is 1. The highest BCUT2D eigenvalue weighted by Gasteiger charge is 2.13. The van der Waals surface area contributed by atoms with Crippen LogP contribution in [0.1, 0.15) is 6.92 Å². The summed E-state index contributed by atoms with van der Waals surface area (Å²) in [5, 5.41) is 3.37. The molecule has 7 heteroatoms. The van der Waals surface area contributed by atoms with E-state index in [9.17, 15) is 9.59 Å². The Morgan fingerprint density at radius 1 is 1.26 bits per heavy atom. The van der Waals surface area contributed by atoms with Gasteiger partial charge < -0.3 is 15.0 Å². The molecule has 19 heavy (non-hydrogen) atoms. The second kappa shape index (κ2) is 7.21. The Morgan fingerprint density at radius 3 is 2.32 bits per heavy atom. The molecule has 1 aromatic carbocycles. The molecule has 0 radical (unpaired) electrons. The van der Waals surface area contributed by atoms with Crippen molar-refractivity contribution < 1.29 is 14.3 Å². The third kappa shape index (κ3) is 4.96. The van der Waals surface area contributed by atoms with Gasteiger partial charge in [0, 0.05) is 35.7 Å². The molecular formula is C12H14Cl2N2O3. The van der Waals surface area contributed by atoms with Gasteiger partial charge in [0.15, 0.2) is 0 Å². The van der Waals surface area contributed by atoms with Crippen molar-refractivity contribution in [3.05, 3.63) is 28.2 Å². The standard InChI is InChI=1S/C12H14Cl2N2O3/c1-8(17)16(4-3-15-12(18)19-2)11-6-9(13)5-10(14)7-11/h5-7H,3-4H2,1-2H3,(H,15,18). The van der Waals surface area contributed by atoms with Gasteiger partial charge in [0.25, 0.3) is 0 Å². The van der Waals surface area contributed by atoms with E-state index in [2.05, 4.69) is 10.1 Å². The molecule has 104 valence electrons. The van der Waals surface area contributed by atoms with E-state index in [0.29, 0.717) is 22.3 Å². The Hall–Kier alpha value is -1.46. The highest BCUT2D eigenvalue weighted by Crippen LogP contribution is 2.25. The first-order chi connectivity index (χ1) is 8.93. The lowest BCUT2D eigenvalue weighted by Crippen LogP contribution is -2.37. The van der Waals surface area contributed by atoms with Crippen molar-refractivity contribution in [3.63, 3.8) is 0 Å². The van der Waals surface area contributed by atoms with Crippen LogP contribution in [0.4, 0.5) is 10.5 Å². The minimum Gasteiger partial charge on any atom is -0.453 e. The van der Waals surface area contributed by atoms with Gasteiger partial charge in [-0.3, -0.25) is 4.79 Å². The number of carbonyl (C=O) groups is 2. The molecule has 0 aliphatic carbocycles. The maximum absolute atomic E-state index is 11.6. The molecule has 1 rings (SSSR count). The Labute approximate surface area is 121 Å². The predicted molar refractivity (Wildman–Crippen MR) is 74.9 cm³/mol. The van der Waals surface area contributed by atoms with Crippen molar-refractivity contribution in [2.45, 2.75) is 6.92 Å². The maximum Gasteiger partial charge on any atom is 0.406 e. The average molecular weight is 305 g/mol. The number of hydrogen-bond donors (Lipinski definition) is 1. The first-order valence-corrected chi connectivity index (χ1v) is 6.25. The molecule has 0 spiro atoms. The third-order valence-corrected chi connectivity index (χ3v) is 2.77. The molecule has 0 heterocycles. The Bertz CT molecular complexity index is 460. The van der Waals surface area contributed by atoms with Crippen LogP contribution in [0.25, 0.3) is 0 Å². The first-order valence-electron chi connectivity index (χ1n) is 5.50. The van der Waals surface area contributed by atoms with Gasteiger partial charge in [-0.1, -0.05) is 23.2 Å². The normalized spacial score (nSPS) is 9.89. The zero-order valence-electron chi connectivity index (χ0n) is 10.6. The molecule has 0 fully saturated rings. The van der Waals surface area contributed by atoms with E-state index in [0.717, 1.165) is 0 Å². The number of carbonyl (C=O) groups excluding carboxylic acids is 2. The minimum atomic E-state index is -0.548. The minimum absolute atomic E-state index is 0.176. The number of halogens is 2. The molecular weight excluding hydrogens is 291 g/mol. The molecule has 5 nitrogen and oxygen atoms in total. The number of amides is 2. The van der Waals surface area contributed by atoms with Crippen molar-refractivity contribution >= 4 is 40.9 Å². The van der Waals surface area contributed by atoms with Crippen molar-refractivity contribution in [2.75, 3.05) is 25.1 Å². The summed E-state index contributed by atoms with van der Waals surface area (Å²) in [4.78, 5) is 24.0. The largest absolute Gasteiger partial charge is 0.453 e. The molecule has 0 bridgehead atoms. The lowest BCUT2D eigenvalue weighted by molar-refractivity contribution is -0.116. The van der Waals surface area contributed by atoms with Crippen molar-refractivity contribution in [2.24, 2.45) is 0 Å². The van der Waals surface area contributed by atoms with E-state index >= 15 is 0 Å². The summed E-state index contributed by atoms with van der Waals surface area (Å²) in [6, 6.07) is 4.84. The van der Waals surface area contributed by atoms with Crippen molar-refractivity contribution in [1.82, 2.24) is 5.32 Å². The summed E-state index contributed by atoms with van der Waals surface area (Å²) < 4.78 is 4.44. The first kappa shape index (κ1) is 15.6. The molecule has 0 saturated heterocycles. The van der Waals surface area contributed by atoms with E-state index in [1.54, 1.807) is 18.2 Å². The second-order valence-electron chi connectivity index (χ2n) is 3.72. The van der Waals surface area contributed by atoms with Crippen LogP contribution in [0.2, 0.25) is 10.0 Å². The summed E-state index contributed by atoms with van der Waals surface area (Å²) in [7, 11) is 1.27. The zero-order chi connectivity index (χ0) is 14.4. The van der Waals surface area contributed by atoms with Gasteiger partial charge in [0.2, 0.25) is 5.91 Å². The van der Waals surface area contributed by atoms with E-state index in [-0.39, 0.29) is 12.5 Å². The van der Waals surface area contributed by atoms with E-state index < -0.39 is 6.09 Å². The number of hydrogen-bond acceptors (Lipinski definition) is 3. The quantitative estimate of drug-likeness (QED) is 0.930. The molecule has 0 unspecified atom stereocenters. The third-order valence-electron chi connectivity index (χ3n) is 2.33. The highest BCUT2D eigenvalue weighted by molar-refractivity contribution is 6.35. The molecule has 0 aliphatic heterocycles. The topological polar surface area (TPSA) is 58.6 Å². The van der Waals surface area contributed by atoms with Gasteiger partial charge in [-0.15, -0.1) is 0 Å². The van der Waals surface area contributed by atoms with Gasteiger partial charge >= 0.3 is 6.09 Å². The van der Waals surface area contributed by atoms with Gasteiger partial charge in [-0.05, 0) is 18.2 Å². The average Bonchev–Trinajstić information content (AvgIpc) is 2.32. The van der Waals surface area contributed by atoms with Crippen LogP contribution in [-0.2, 0) is 9.53 Å². The number of methoxy groups -OCH3 is 1. The van der Waals surface area contributed by atoms with Crippen LogP contribution in [0.3, 0.4) is 0 Å². The van der Waals surface area contributed by atoms with Crippen LogP contribution >= 0.6 is 23.2 Å². The molecule has 0 saturated carbocycles. The number of alkyl carbamates (subject to hydrolysis) is 1. The number of benzene rings is 1. The smallest absolute Gasteiger partial charge is 0.406 e. The molecule has 0 atom stereocenters. The van der Waals surface area contributed by atoms with Crippen LogP contribution in [0.5, 0.6) is 0 Å². The number of rotatable bonds is 4. The number of ether oxygens (including phenoxy) is 1. The van der Waals surface area contributed by atoms with Crippen molar-refractivity contribution in [1.29, 1.82) is 0 Å². The Kier molecular flexibility index (Phi) is 5.92. The number of nitrogens with zero attached hydrogens (tertiary/aromatic N) is 1. The predicted octanol–water partition coefficient (Wildman–Crippen LogP) is 2.70. The maximum atomic E-state index is 11.6. The molecule has 0 aliphatic rings. The van der Waals surface area contributed by atoms with Crippen LogP contribution in [0, 0.1) is 0 Å². The summed E-state index contributed by atoms with van der Waals surface area (Å²) in [6.07, 6.45) is -0.548. The summed E-state index contributed by atoms with van der Waals surface area (Å²) in [5.74, 6) is -0.176. The van der Waals surface area contributed by atoms with Gasteiger partial charge in [-0.25, -0.2) is 4.79 Å². The fraction of sp³-hybridized carbons (Fsp3) is 0.333. The zero-order valence-corrected chi connectivity index (χ0v) is 12.1. The lowest BCUT2D eigenvalue weighted by Gasteiger charge is -2.21. The highest BCUT2D eigenvalue weighted by atomic mass is 35.5. The van der Waals surface area contributed by atoms with E-state index in [1.165, 1.54) is 18.9 Å². The number of nitrogens with one attached hydrogen (secondary N) is 1. The van der Waals surface area contributed by atoms with Crippen molar-refractivity contribution in [3.8, 4) is 0 Å². The fourth-order valence-electron chi connectivity index (χ4n) is 1.51. The molecule has 0 aromatic heterocycles. The van der Waals surface area contributed by atoms with E-state index in [1.807, 2.05) is 0 Å². The summed E-state index contributed by atoms with van der Waals surface area (Å²) in [5.41, 5.74) is 0.580. The Balaban J connectivity index is 2.77. The van der Waals surface area contributed by atoms with E-state index in [4.69, 9.17) is 23.2 Å². The van der Waals surface area contributed by atoms with Gasteiger partial charge in [0.05, 0.1) is 7.11 Å². The molecule has 2 amide bonds. The van der Waals surface area contributed by atoms with Gasteiger partial charge in [0.1, 0.15) is 0 Å². The van der Waals surface area contributed by atoms with Crippen LogP contribution < -0.4 is 10.2 Å². The molecule has 1 N–H and O–H groups in total. The van der Waals surface area contributed by atoms with Crippen LogP contribution in [0.15, 0.2) is 18.2 Å². The fourth-order valence-corrected chi connectivity index (χ4v) is 2.02. The van der Waals surface area contributed by atoms with Gasteiger partial charge in [-0.2, -0.15) is 0 Å². The second-order valence-corrected chi connectivity index (χ2v) is 4.59. The SMILES string of the molecule is COC(=O)NCCN(C(C)=O)c1cc(Cl)cc(Cl)c1. The monoisotopic (exact) mass is 304 g/mol. The summed E-state index contributed by atoms with van der Waals surface area (Å²) >= 11 is 11.8. The lowest BCUT2D eigenvalue weighted by atomic mass is 10.2. The van der Waals surface area contributed by atoms with Crippen LogP contribution in [-0.4, -0.2) is 32.2 Å².